The molecule has 188 valence electrons. The predicted octanol–water partition coefficient (Wildman–Crippen LogP) is 7.91. The maximum Gasteiger partial charge on any atom is 0.469 e. The third-order valence-electron chi connectivity index (χ3n) is 7.47. The van der Waals surface area contributed by atoms with Crippen molar-refractivity contribution in [3.8, 4) is 11.1 Å². The lowest BCUT2D eigenvalue weighted by Gasteiger charge is -2.47. The van der Waals surface area contributed by atoms with Gasteiger partial charge in [-0.1, -0.05) is 87.3 Å². The Balaban J connectivity index is 1.68. The first-order valence-corrected chi connectivity index (χ1v) is 15.2. The van der Waals surface area contributed by atoms with E-state index in [4.69, 9.17) is 4.52 Å². The van der Waals surface area contributed by atoms with E-state index in [9.17, 15) is 14.4 Å². The molecule has 0 fully saturated rings. The number of nitrogens with zero attached hydrogens (tertiary/aromatic N) is 1. The molecule has 1 unspecified atom stereocenters. The highest BCUT2D eigenvalue weighted by Crippen LogP contribution is 2.63. The van der Waals surface area contributed by atoms with E-state index in [1.165, 1.54) is 22.3 Å². The van der Waals surface area contributed by atoms with Crippen LogP contribution in [0.3, 0.4) is 0 Å². The van der Waals surface area contributed by atoms with Crippen LogP contribution in [0.1, 0.15) is 35.6 Å². The van der Waals surface area contributed by atoms with Crippen molar-refractivity contribution in [2.75, 3.05) is 11.5 Å². The van der Waals surface area contributed by atoms with Gasteiger partial charge in [0.05, 0.1) is 18.1 Å². The van der Waals surface area contributed by atoms with E-state index in [0.29, 0.717) is 6.42 Å². The molecule has 1 aliphatic heterocycles. The van der Waals surface area contributed by atoms with Crippen molar-refractivity contribution in [2.45, 2.75) is 24.8 Å². The number of fused-ring (bicyclic) bond motifs is 9. The number of rotatable bonds is 5. The fourth-order valence-corrected chi connectivity index (χ4v) is 7.17. The molecule has 0 bridgehead atoms. The number of hydrogen-bond donors (Lipinski definition) is 2. The average Bonchev–Trinajstić information content (AvgIpc) is 3.15. The van der Waals surface area contributed by atoms with Gasteiger partial charge in [0, 0.05) is 20.3 Å². The number of benzene rings is 4. The average molecular weight is 641 g/mol. The molecule has 2 N–H and O–H groups in total. The van der Waals surface area contributed by atoms with E-state index in [1.54, 1.807) is 0 Å². The molecule has 0 saturated heterocycles. The molecule has 1 spiro atoms. The number of halogens is 2. The van der Waals surface area contributed by atoms with E-state index in [1.807, 2.05) is 19.1 Å². The van der Waals surface area contributed by atoms with Crippen molar-refractivity contribution < 1.29 is 18.9 Å². The zero-order chi connectivity index (χ0) is 25.9. The van der Waals surface area contributed by atoms with Crippen molar-refractivity contribution in [2.24, 2.45) is 0 Å². The van der Waals surface area contributed by atoms with Gasteiger partial charge in [-0.2, -0.15) is 0 Å². The minimum atomic E-state index is -4.61. The Bertz CT molecular complexity index is 1480. The van der Waals surface area contributed by atoms with Gasteiger partial charge in [-0.15, -0.1) is 0 Å². The maximum atomic E-state index is 11.6. The molecule has 6 rings (SSSR count). The minimum absolute atomic E-state index is 0.0937. The Morgan fingerprint density at radius 1 is 0.811 bits per heavy atom. The summed E-state index contributed by atoms with van der Waals surface area (Å²) in [6.07, 6.45) is 0.642. The van der Waals surface area contributed by atoms with E-state index in [-0.39, 0.29) is 12.6 Å². The first-order chi connectivity index (χ1) is 17.8. The van der Waals surface area contributed by atoms with Crippen LogP contribution in [-0.2, 0) is 14.5 Å². The van der Waals surface area contributed by atoms with Gasteiger partial charge in [-0.05, 0) is 76.2 Å². The summed E-state index contributed by atoms with van der Waals surface area (Å²) in [6, 6.07) is 29.5. The van der Waals surface area contributed by atoms with Crippen LogP contribution >= 0.6 is 39.7 Å². The number of hydrogen-bond acceptors (Lipinski definition) is 3. The number of phosphoric ester groups is 1. The standard InChI is InChI=1S/C29H24Br2NO4P/c1-2-20(17-36-37(33,34)35)32-27-9-5-3-7-25(27)29(26-8-4-6-10-28(26)32)23-13-11-18(30)15-21(23)22-16-19(31)12-14-24(22)29/h3-16,20H,2,17H2,1H3,(H2,33,34,35). The Labute approximate surface area is 232 Å². The zero-order valence-corrected chi connectivity index (χ0v) is 24.0. The lowest BCUT2D eigenvalue weighted by atomic mass is 9.64. The molecule has 4 aromatic rings. The molecule has 1 atom stereocenters. The van der Waals surface area contributed by atoms with Crippen molar-refractivity contribution in [3.63, 3.8) is 0 Å². The van der Waals surface area contributed by atoms with Crippen molar-refractivity contribution >= 4 is 51.1 Å². The van der Waals surface area contributed by atoms with E-state index >= 15 is 0 Å². The van der Waals surface area contributed by atoms with E-state index in [0.717, 1.165) is 31.4 Å². The van der Waals surface area contributed by atoms with Gasteiger partial charge in [-0.3, -0.25) is 4.52 Å². The van der Waals surface area contributed by atoms with Crippen molar-refractivity contribution in [3.05, 3.63) is 116 Å². The second-order valence-electron chi connectivity index (χ2n) is 9.38. The molecule has 5 nitrogen and oxygen atoms in total. The highest BCUT2D eigenvalue weighted by atomic mass is 79.9. The molecule has 4 aromatic carbocycles. The molecule has 0 radical (unpaired) electrons. The second kappa shape index (κ2) is 9.19. The van der Waals surface area contributed by atoms with Gasteiger partial charge in [0.25, 0.3) is 0 Å². The van der Waals surface area contributed by atoms with Gasteiger partial charge in [0.15, 0.2) is 0 Å². The van der Waals surface area contributed by atoms with Crippen molar-refractivity contribution in [1.82, 2.24) is 0 Å². The molecule has 37 heavy (non-hydrogen) atoms. The predicted molar refractivity (Wildman–Crippen MR) is 153 cm³/mol. The zero-order valence-electron chi connectivity index (χ0n) is 19.9. The van der Waals surface area contributed by atoms with Gasteiger partial charge in [0.1, 0.15) is 0 Å². The van der Waals surface area contributed by atoms with Crippen LogP contribution in [0.2, 0.25) is 0 Å². The first kappa shape index (κ1) is 25.1. The summed E-state index contributed by atoms with van der Waals surface area (Å²) >= 11 is 7.37. The van der Waals surface area contributed by atoms with Crippen LogP contribution in [0.15, 0.2) is 93.9 Å². The molecule has 1 heterocycles. The van der Waals surface area contributed by atoms with Crippen molar-refractivity contribution in [1.29, 1.82) is 0 Å². The summed E-state index contributed by atoms with van der Waals surface area (Å²) in [7, 11) is -4.61. The highest BCUT2D eigenvalue weighted by Gasteiger charge is 2.52. The molecule has 1 aliphatic carbocycles. The molecular formula is C29H24Br2NO4P. The monoisotopic (exact) mass is 639 g/mol. The lowest BCUT2D eigenvalue weighted by Crippen LogP contribution is -2.43. The molecule has 0 amide bonds. The Hall–Kier alpha value is -2.25. The summed E-state index contributed by atoms with van der Waals surface area (Å²) in [4.78, 5) is 21.1. The smallest absolute Gasteiger partial charge is 0.335 e. The number of para-hydroxylation sites is 2. The summed E-state index contributed by atoms with van der Waals surface area (Å²) in [6.45, 7) is 1.92. The van der Waals surface area contributed by atoms with Gasteiger partial charge in [0.2, 0.25) is 0 Å². The SMILES string of the molecule is CCC(COP(=O)(O)O)N1c2ccccc2C2(c3ccc(Br)cc3-c3cc(Br)ccc32)c2ccccc21. The third kappa shape index (κ3) is 3.87. The summed E-state index contributed by atoms with van der Waals surface area (Å²) in [5.74, 6) is 0. The summed E-state index contributed by atoms with van der Waals surface area (Å²) in [5, 5.41) is 0. The Kier molecular flexibility index (Phi) is 6.22. The molecule has 0 saturated carbocycles. The third-order valence-corrected chi connectivity index (χ3v) is 8.94. The fraction of sp³-hybridized carbons (Fsp3) is 0.172. The molecule has 8 heteroatoms. The van der Waals surface area contributed by atoms with Crippen LogP contribution < -0.4 is 4.90 Å². The van der Waals surface area contributed by atoms with Crippen LogP contribution in [0, 0.1) is 0 Å². The topological polar surface area (TPSA) is 70.0 Å². The highest BCUT2D eigenvalue weighted by molar-refractivity contribution is 9.10. The summed E-state index contributed by atoms with van der Waals surface area (Å²) in [5.41, 5.74) is 8.52. The van der Waals surface area contributed by atoms with Crippen LogP contribution in [0.5, 0.6) is 0 Å². The quantitative estimate of drug-likeness (QED) is 0.191. The second-order valence-corrected chi connectivity index (χ2v) is 12.5. The van der Waals surface area contributed by atoms with Gasteiger partial charge in [-0.25, -0.2) is 4.57 Å². The Morgan fingerprint density at radius 2 is 1.30 bits per heavy atom. The number of phosphoric acid groups is 1. The maximum absolute atomic E-state index is 11.6. The van der Waals surface area contributed by atoms with E-state index in [2.05, 4.69) is 110 Å². The first-order valence-electron chi connectivity index (χ1n) is 12.0. The molecule has 0 aromatic heterocycles. The largest absolute Gasteiger partial charge is 0.469 e. The van der Waals surface area contributed by atoms with Gasteiger partial charge >= 0.3 is 7.82 Å². The van der Waals surface area contributed by atoms with Crippen LogP contribution in [-0.4, -0.2) is 22.4 Å². The van der Waals surface area contributed by atoms with E-state index < -0.39 is 13.2 Å². The summed E-state index contributed by atoms with van der Waals surface area (Å²) < 4.78 is 18.7. The molecule has 2 aliphatic rings. The fourth-order valence-electron chi connectivity index (χ4n) is 6.09. The Morgan fingerprint density at radius 3 is 1.76 bits per heavy atom. The van der Waals surface area contributed by atoms with Gasteiger partial charge < -0.3 is 14.7 Å². The minimum Gasteiger partial charge on any atom is -0.335 e. The van der Waals surface area contributed by atoms with Crippen LogP contribution in [0.25, 0.3) is 11.1 Å². The number of anilines is 2. The normalized spacial score (nSPS) is 15.6. The molecular weight excluding hydrogens is 617 g/mol. The van der Waals surface area contributed by atoms with Crippen LogP contribution in [0.4, 0.5) is 11.4 Å². The lowest BCUT2D eigenvalue weighted by molar-refractivity contribution is 0.184.